The van der Waals surface area contributed by atoms with E-state index in [-0.39, 0.29) is 11.2 Å². The molecule has 0 aliphatic heterocycles. The molecule has 5 rings (SSSR count). The van der Waals surface area contributed by atoms with Crippen molar-refractivity contribution in [3.05, 3.63) is 79.6 Å². The van der Waals surface area contributed by atoms with E-state index in [9.17, 15) is 14.9 Å². The highest BCUT2D eigenvalue weighted by Crippen LogP contribution is 2.20. The molecule has 3 aromatic heterocycles. The lowest BCUT2D eigenvalue weighted by Gasteiger charge is -2.06. The molecule has 0 saturated heterocycles. The molecule has 0 amide bonds. The number of nitriles is 1. The van der Waals surface area contributed by atoms with E-state index in [4.69, 9.17) is 0 Å². The molecule has 8 heteroatoms. The standard InChI is InChI=1S/C25H22N6O2/c1-4-29-21-11-10-16(12-22(21)30(5-2)25(29)33)27-14-18-15(3)17(13-26)23-28-19-8-6-7-9-20(19)31(23)24(18)32/h6-12,14,27H,4-5H2,1-3H3/b18-14-. The molecule has 3 heterocycles. The first-order valence-corrected chi connectivity index (χ1v) is 10.8. The minimum Gasteiger partial charge on any atom is -0.361 e. The van der Waals surface area contributed by atoms with Crippen molar-refractivity contribution in [2.45, 2.75) is 33.9 Å². The molecule has 0 unspecified atom stereocenters. The number of hydrogen-bond acceptors (Lipinski definition) is 5. The number of nitrogens with one attached hydrogen (secondary N) is 1. The van der Waals surface area contributed by atoms with Crippen LogP contribution in [0.3, 0.4) is 0 Å². The Morgan fingerprint density at radius 1 is 1.03 bits per heavy atom. The number of pyridine rings is 1. The van der Waals surface area contributed by atoms with E-state index in [0.717, 1.165) is 16.7 Å². The molecule has 0 radical (unpaired) electrons. The second kappa shape index (κ2) is 7.64. The van der Waals surface area contributed by atoms with E-state index in [2.05, 4.69) is 16.4 Å². The number of para-hydroxylation sites is 2. The van der Waals surface area contributed by atoms with Gasteiger partial charge in [0.05, 0.1) is 32.8 Å². The number of nitrogens with zero attached hydrogens (tertiary/aromatic N) is 5. The second-order valence-corrected chi connectivity index (χ2v) is 7.85. The number of anilines is 1. The average molecular weight is 438 g/mol. The Labute approximate surface area is 188 Å². The van der Waals surface area contributed by atoms with Crippen LogP contribution in [0.15, 0.2) is 52.1 Å². The fourth-order valence-corrected chi connectivity index (χ4v) is 4.46. The van der Waals surface area contributed by atoms with E-state index in [1.807, 2.05) is 56.3 Å². The van der Waals surface area contributed by atoms with Gasteiger partial charge in [0.15, 0.2) is 5.65 Å². The highest BCUT2D eigenvalue weighted by atomic mass is 16.1. The quantitative estimate of drug-likeness (QED) is 0.465. The minimum atomic E-state index is -0.244. The van der Waals surface area contributed by atoms with Gasteiger partial charge in [-0.15, -0.1) is 0 Å². The highest BCUT2D eigenvalue weighted by Gasteiger charge is 2.16. The topological polar surface area (TPSA) is 97.1 Å². The third kappa shape index (κ3) is 2.93. The maximum absolute atomic E-state index is 13.4. The molecule has 8 nitrogen and oxygen atoms in total. The summed E-state index contributed by atoms with van der Waals surface area (Å²) in [7, 11) is 0. The molecule has 0 atom stereocenters. The van der Waals surface area contributed by atoms with Gasteiger partial charge >= 0.3 is 5.69 Å². The molecule has 0 aliphatic rings. The summed E-state index contributed by atoms with van der Waals surface area (Å²) in [6.07, 6.45) is 1.62. The first-order chi connectivity index (χ1) is 16.0. The predicted octanol–water partition coefficient (Wildman–Crippen LogP) is 2.75. The van der Waals surface area contributed by atoms with Crippen molar-refractivity contribution >= 4 is 39.6 Å². The Balaban J connectivity index is 1.71. The fraction of sp³-hybridized carbons (Fsp3) is 0.200. The molecule has 5 aromatic rings. The summed E-state index contributed by atoms with van der Waals surface area (Å²) in [5.74, 6) is 0. The predicted molar refractivity (Wildman–Crippen MR) is 129 cm³/mol. The van der Waals surface area contributed by atoms with Crippen LogP contribution in [0.2, 0.25) is 0 Å². The van der Waals surface area contributed by atoms with Gasteiger partial charge in [-0.1, -0.05) is 12.1 Å². The lowest BCUT2D eigenvalue weighted by Crippen LogP contribution is -2.34. The zero-order valence-corrected chi connectivity index (χ0v) is 18.6. The van der Waals surface area contributed by atoms with Crippen LogP contribution in [0.4, 0.5) is 5.69 Å². The van der Waals surface area contributed by atoms with Crippen LogP contribution >= 0.6 is 0 Å². The van der Waals surface area contributed by atoms with Crippen molar-refractivity contribution in [2.24, 2.45) is 0 Å². The molecule has 1 N–H and O–H groups in total. The Bertz CT molecular complexity index is 1780. The van der Waals surface area contributed by atoms with Crippen molar-refractivity contribution in [2.75, 3.05) is 5.32 Å². The van der Waals surface area contributed by atoms with E-state index < -0.39 is 0 Å². The monoisotopic (exact) mass is 438 g/mol. The average Bonchev–Trinajstić information content (AvgIpc) is 3.33. The number of fused-ring (bicyclic) bond motifs is 4. The SMILES string of the molecule is CCn1c(=O)n(CC)c2cc(N/C=c3/c(C)c(C#N)c4nc5ccccc5n4c3=O)ccc21. The van der Waals surface area contributed by atoms with Crippen LogP contribution in [0, 0.1) is 18.3 Å². The summed E-state index contributed by atoms with van der Waals surface area (Å²) >= 11 is 0. The summed E-state index contributed by atoms with van der Waals surface area (Å²) < 4.78 is 4.96. The third-order valence-corrected chi connectivity index (χ3v) is 6.14. The number of rotatable bonds is 4. The molecule has 2 aromatic carbocycles. The van der Waals surface area contributed by atoms with Gasteiger partial charge in [0, 0.05) is 25.0 Å². The summed E-state index contributed by atoms with van der Waals surface area (Å²) in [6, 6.07) is 15.2. The zero-order valence-electron chi connectivity index (χ0n) is 18.6. The van der Waals surface area contributed by atoms with Crippen molar-refractivity contribution in [1.82, 2.24) is 18.5 Å². The fourth-order valence-electron chi connectivity index (χ4n) is 4.46. The number of aryl methyl sites for hydroxylation is 2. The molecule has 0 saturated carbocycles. The maximum atomic E-state index is 13.4. The van der Waals surface area contributed by atoms with Gasteiger partial charge in [-0.3, -0.25) is 18.3 Å². The van der Waals surface area contributed by atoms with Crippen molar-refractivity contribution in [3.63, 3.8) is 0 Å². The molecule has 0 bridgehead atoms. The molecule has 33 heavy (non-hydrogen) atoms. The van der Waals surface area contributed by atoms with Gasteiger partial charge < -0.3 is 5.32 Å². The Hall–Kier alpha value is -4.38. The molecule has 0 aliphatic carbocycles. The van der Waals surface area contributed by atoms with Crippen LogP contribution in [0.1, 0.15) is 25.0 Å². The normalized spacial score (nSPS) is 12.1. The van der Waals surface area contributed by atoms with Gasteiger partial charge in [-0.2, -0.15) is 5.26 Å². The lowest BCUT2D eigenvalue weighted by molar-refractivity contribution is 0.671. The lowest BCUT2D eigenvalue weighted by atomic mass is 10.1. The second-order valence-electron chi connectivity index (χ2n) is 7.85. The van der Waals surface area contributed by atoms with Gasteiger partial charge in [-0.05, 0) is 56.7 Å². The van der Waals surface area contributed by atoms with Crippen LogP contribution in [0.5, 0.6) is 0 Å². The first kappa shape index (κ1) is 20.5. The van der Waals surface area contributed by atoms with Crippen LogP contribution in [-0.4, -0.2) is 18.5 Å². The van der Waals surface area contributed by atoms with E-state index in [1.54, 1.807) is 22.3 Å². The Kier molecular flexibility index (Phi) is 4.75. The van der Waals surface area contributed by atoms with Gasteiger partial charge in [0.2, 0.25) is 0 Å². The molecule has 0 spiro atoms. The molecular weight excluding hydrogens is 416 g/mol. The van der Waals surface area contributed by atoms with Crippen LogP contribution in [-0.2, 0) is 13.1 Å². The van der Waals surface area contributed by atoms with Crippen LogP contribution in [0.25, 0.3) is 33.9 Å². The Morgan fingerprint density at radius 3 is 2.48 bits per heavy atom. The third-order valence-electron chi connectivity index (χ3n) is 6.14. The number of aromatic nitrogens is 4. The molecule has 164 valence electrons. The minimum absolute atomic E-state index is 0.0371. The van der Waals surface area contributed by atoms with Crippen molar-refractivity contribution in [3.8, 4) is 6.07 Å². The summed E-state index contributed by atoms with van der Waals surface area (Å²) in [5.41, 5.74) is 4.80. The van der Waals surface area contributed by atoms with E-state index in [0.29, 0.717) is 46.1 Å². The Morgan fingerprint density at radius 2 is 1.76 bits per heavy atom. The summed E-state index contributed by atoms with van der Waals surface area (Å²) in [5, 5.41) is 13.4. The highest BCUT2D eigenvalue weighted by molar-refractivity contribution is 5.83. The van der Waals surface area contributed by atoms with E-state index >= 15 is 0 Å². The number of imidazole rings is 2. The number of hydrogen-bond donors (Lipinski definition) is 1. The summed E-state index contributed by atoms with van der Waals surface area (Å²) in [6.45, 7) is 6.80. The number of benzene rings is 2. The van der Waals surface area contributed by atoms with Gasteiger partial charge in [0.1, 0.15) is 6.07 Å². The summed E-state index contributed by atoms with van der Waals surface area (Å²) in [4.78, 5) is 30.5. The van der Waals surface area contributed by atoms with Crippen molar-refractivity contribution < 1.29 is 0 Å². The van der Waals surface area contributed by atoms with Gasteiger partial charge in [-0.25, -0.2) is 9.78 Å². The first-order valence-electron chi connectivity index (χ1n) is 10.8. The largest absolute Gasteiger partial charge is 0.361 e. The zero-order chi connectivity index (χ0) is 23.3. The maximum Gasteiger partial charge on any atom is 0.329 e. The molecular formula is C25H22N6O2. The van der Waals surface area contributed by atoms with Crippen molar-refractivity contribution in [1.29, 1.82) is 5.26 Å². The molecule has 0 fully saturated rings. The van der Waals surface area contributed by atoms with E-state index in [1.165, 1.54) is 4.40 Å². The smallest absolute Gasteiger partial charge is 0.329 e. The van der Waals surface area contributed by atoms with Crippen LogP contribution < -0.4 is 21.8 Å². The van der Waals surface area contributed by atoms with Gasteiger partial charge in [0.25, 0.3) is 5.56 Å².